The average molecular weight is 358 g/mol. The van der Waals surface area contributed by atoms with Gasteiger partial charge in [0.05, 0.1) is 24.6 Å². The smallest absolute Gasteiger partial charge is 0.169 e. The van der Waals surface area contributed by atoms with E-state index in [0.717, 1.165) is 0 Å². The molecule has 0 aromatic carbocycles. The quantitative estimate of drug-likeness (QED) is 0.242. The van der Waals surface area contributed by atoms with E-state index in [1.807, 2.05) is 0 Å². The summed E-state index contributed by atoms with van der Waals surface area (Å²) in [6, 6.07) is 0. The number of hydrogen-bond donors (Lipinski definition) is 8. The summed E-state index contributed by atoms with van der Waals surface area (Å²) < 4.78 is 10.2. The molecule has 2 rings (SSSR count). The first-order valence-electron chi connectivity index (χ1n) is 7.08. The Hall–Kier alpha value is -0.0500. The minimum atomic E-state index is -1.59. The zero-order valence-electron chi connectivity index (χ0n) is 12.0. The van der Waals surface area contributed by atoms with Crippen LogP contribution in [0.3, 0.4) is 0 Å². The fourth-order valence-electron chi connectivity index (χ4n) is 2.55. The van der Waals surface area contributed by atoms with Crippen molar-refractivity contribution < 1.29 is 50.3 Å². The second-order valence-electron chi connectivity index (χ2n) is 5.53. The summed E-state index contributed by atoms with van der Waals surface area (Å²) in [6.07, 6.45) is -11.5. The highest BCUT2D eigenvalue weighted by molar-refractivity contribution is 8.00. The van der Waals surface area contributed by atoms with Gasteiger partial charge in [-0.15, -0.1) is 11.8 Å². The Morgan fingerprint density at radius 2 is 1.17 bits per heavy atom. The summed E-state index contributed by atoms with van der Waals surface area (Å²) in [6.45, 7) is -1.21. The Kier molecular flexibility index (Phi) is 6.61. The highest BCUT2D eigenvalue weighted by atomic mass is 32.2. The lowest BCUT2D eigenvalue weighted by Crippen LogP contribution is -2.61. The highest BCUT2D eigenvalue weighted by Gasteiger charge is 2.49. The van der Waals surface area contributed by atoms with E-state index in [0.29, 0.717) is 11.8 Å². The Balaban J connectivity index is 2.08. The van der Waals surface area contributed by atoms with Crippen LogP contribution in [0.2, 0.25) is 0 Å². The molecular formula is C12H22O10S. The van der Waals surface area contributed by atoms with Crippen molar-refractivity contribution in [3.63, 3.8) is 0 Å². The molecule has 11 heteroatoms. The van der Waals surface area contributed by atoms with Gasteiger partial charge in [-0.1, -0.05) is 0 Å². The zero-order chi connectivity index (χ0) is 17.3. The van der Waals surface area contributed by atoms with Gasteiger partial charge in [0.25, 0.3) is 0 Å². The van der Waals surface area contributed by atoms with Gasteiger partial charge in [-0.3, -0.25) is 0 Å². The van der Waals surface area contributed by atoms with E-state index >= 15 is 0 Å². The van der Waals surface area contributed by atoms with Crippen molar-refractivity contribution in [2.75, 3.05) is 13.2 Å². The van der Waals surface area contributed by atoms with Crippen molar-refractivity contribution in [2.45, 2.75) is 59.7 Å². The minimum absolute atomic E-state index is 0.604. The van der Waals surface area contributed by atoms with Crippen LogP contribution in [0.5, 0.6) is 0 Å². The van der Waals surface area contributed by atoms with Gasteiger partial charge in [-0.25, -0.2) is 0 Å². The summed E-state index contributed by atoms with van der Waals surface area (Å²) in [7, 11) is 0. The first kappa shape index (κ1) is 19.3. The van der Waals surface area contributed by atoms with Crippen LogP contribution in [0.25, 0.3) is 0 Å². The van der Waals surface area contributed by atoms with Crippen LogP contribution >= 0.6 is 11.8 Å². The van der Waals surface area contributed by atoms with Crippen LogP contribution in [0.1, 0.15) is 0 Å². The number of aliphatic hydroxyl groups is 8. The first-order valence-corrected chi connectivity index (χ1v) is 8.02. The number of rotatable bonds is 4. The molecule has 0 aliphatic carbocycles. The van der Waals surface area contributed by atoms with Crippen LogP contribution in [-0.2, 0) is 9.47 Å². The third-order valence-electron chi connectivity index (χ3n) is 3.98. The van der Waals surface area contributed by atoms with Crippen molar-refractivity contribution in [1.29, 1.82) is 0 Å². The Morgan fingerprint density at radius 1 is 0.652 bits per heavy atom. The molecular weight excluding hydrogens is 336 g/mol. The molecule has 0 spiro atoms. The monoisotopic (exact) mass is 358 g/mol. The van der Waals surface area contributed by atoms with Crippen molar-refractivity contribution in [2.24, 2.45) is 0 Å². The van der Waals surface area contributed by atoms with Gasteiger partial charge >= 0.3 is 0 Å². The van der Waals surface area contributed by atoms with E-state index in [-0.39, 0.29) is 0 Å². The maximum Gasteiger partial charge on any atom is 0.169 e. The summed E-state index contributed by atoms with van der Waals surface area (Å²) in [4.78, 5) is 0. The minimum Gasteiger partial charge on any atom is -0.394 e. The molecule has 0 bridgehead atoms. The molecule has 0 aromatic heterocycles. The zero-order valence-corrected chi connectivity index (χ0v) is 12.8. The van der Waals surface area contributed by atoms with Crippen molar-refractivity contribution in [3.8, 4) is 0 Å². The lowest BCUT2D eigenvalue weighted by Gasteiger charge is -2.44. The Labute approximate surface area is 135 Å². The van der Waals surface area contributed by atoms with E-state index in [9.17, 15) is 30.6 Å². The molecule has 10 atom stereocenters. The molecule has 1 unspecified atom stereocenters. The van der Waals surface area contributed by atoms with Crippen molar-refractivity contribution >= 4 is 11.8 Å². The molecule has 2 heterocycles. The largest absolute Gasteiger partial charge is 0.394 e. The molecule has 23 heavy (non-hydrogen) atoms. The summed E-state index contributed by atoms with van der Waals surface area (Å²) in [5, 5.41) is 76.1. The van der Waals surface area contributed by atoms with Crippen molar-refractivity contribution in [3.05, 3.63) is 0 Å². The fourth-order valence-corrected chi connectivity index (χ4v) is 3.91. The number of hydrogen-bond acceptors (Lipinski definition) is 11. The lowest BCUT2D eigenvalue weighted by atomic mass is 10.0. The number of aliphatic hydroxyl groups excluding tert-OH is 8. The number of ether oxygens (including phenoxy) is 2. The first-order chi connectivity index (χ1) is 10.8. The van der Waals surface area contributed by atoms with Crippen LogP contribution in [-0.4, -0.2) is 114 Å². The second kappa shape index (κ2) is 7.89. The predicted molar refractivity (Wildman–Crippen MR) is 75.1 cm³/mol. The SMILES string of the molecule is OC[C@H]1O[C@@H](S[C@H]2C(O)O[C@H](CO)[C@@H](O)[C@@H]2O)[C@H](O)[C@@H](O)[C@@H]1O. The lowest BCUT2D eigenvalue weighted by molar-refractivity contribution is -0.236. The van der Waals surface area contributed by atoms with Crippen LogP contribution < -0.4 is 0 Å². The van der Waals surface area contributed by atoms with E-state index in [4.69, 9.17) is 19.7 Å². The van der Waals surface area contributed by atoms with Crippen LogP contribution in [0.15, 0.2) is 0 Å². The molecule has 2 saturated heterocycles. The number of thioether (sulfide) groups is 1. The van der Waals surface area contributed by atoms with Gasteiger partial charge in [-0.2, -0.15) is 0 Å². The standard InChI is InChI=1S/C12H22O10S/c13-1-3-6(16)8(18)10(11(20)21-3)23-12-9(19)7(17)5(15)4(2-14)22-12/h3-20H,1-2H2/t3-,4-,5-,6-,7+,8+,9-,10-,11?,12+/m1/s1. The summed E-state index contributed by atoms with van der Waals surface area (Å²) in [5.74, 6) is 0. The maximum absolute atomic E-state index is 10.0. The second-order valence-corrected chi connectivity index (χ2v) is 6.81. The molecule has 0 saturated carbocycles. The van der Waals surface area contributed by atoms with Crippen LogP contribution in [0, 0.1) is 0 Å². The highest BCUT2D eigenvalue weighted by Crippen LogP contribution is 2.36. The van der Waals surface area contributed by atoms with Gasteiger partial charge in [0.15, 0.2) is 6.29 Å². The van der Waals surface area contributed by atoms with E-state index in [2.05, 4.69) is 0 Å². The summed E-state index contributed by atoms with van der Waals surface area (Å²) >= 11 is 0.686. The van der Waals surface area contributed by atoms with Gasteiger partial charge in [0.1, 0.15) is 42.1 Å². The molecule has 2 fully saturated rings. The van der Waals surface area contributed by atoms with E-state index < -0.39 is 72.9 Å². The van der Waals surface area contributed by atoms with Gasteiger partial charge in [0, 0.05) is 0 Å². The molecule has 8 N–H and O–H groups in total. The Bertz CT molecular complexity index is 385. The molecule has 136 valence electrons. The molecule has 10 nitrogen and oxygen atoms in total. The van der Waals surface area contributed by atoms with Crippen molar-refractivity contribution in [1.82, 2.24) is 0 Å². The van der Waals surface area contributed by atoms with Gasteiger partial charge < -0.3 is 50.3 Å². The van der Waals surface area contributed by atoms with Gasteiger partial charge in [0.2, 0.25) is 0 Å². The third kappa shape index (κ3) is 3.80. The topological polar surface area (TPSA) is 180 Å². The molecule has 2 aliphatic rings. The fraction of sp³-hybridized carbons (Fsp3) is 1.00. The van der Waals surface area contributed by atoms with E-state index in [1.54, 1.807) is 0 Å². The van der Waals surface area contributed by atoms with Gasteiger partial charge in [-0.05, 0) is 0 Å². The third-order valence-corrected chi connectivity index (χ3v) is 5.47. The normalized spacial score (nSPS) is 51.7. The maximum atomic E-state index is 10.0. The Morgan fingerprint density at radius 3 is 1.74 bits per heavy atom. The molecule has 0 amide bonds. The van der Waals surface area contributed by atoms with E-state index in [1.165, 1.54) is 0 Å². The van der Waals surface area contributed by atoms with Crippen LogP contribution in [0.4, 0.5) is 0 Å². The molecule has 0 radical (unpaired) electrons. The molecule has 0 aromatic rings. The predicted octanol–water partition coefficient (Wildman–Crippen LogP) is -4.68. The molecule has 2 aliphatic heterocycles. The summed E-state index contributed by atoms with van der Waals surface area (Å²) in [5.41, 5.74) is -1.19. The average Bonchev–Trinajstić information content (AvgIpc) is 2.54.